The summed E-state index contributed by atoms with van der Waals surface area (Å²) in [6.45, 7) is 10.5. The fraction of sp³-hybridized carbons (Fsp3) is 0.625. The molecule has 19 heavy (non-hydrogen) atoms. The topological polar surface area (TPSA) is 48.7 Å². The van der Waals surface area contributed by atoms with Crippen molar-refractivity contribution in [2.45, 2.75) is 59.9 Å². The van der Waals surface area contributed by atoms with Gasteiger partial charge < -0.3 is 5.32 Å². The maximum absolute atomic E-state index is 9.22. The Morgan fingerprint density at radius 1 is 1.26 bits per heavy atom. The Bertz CT molecular complexity index is 458. The molecule has 1 atom stereocenters. The Labute approximate surface area is 117 Å². The predicted octanol–water partition coefficient (Wildman–Crippen LogP) is 4.20. The zero-order valence-electron chi connectivity index (χ0n) is 12.7. The van der Waals surface area contributed by atoms with Crippen LogP contribution in [0.25, 0.3) is 0 Å². The molecule has 0 saturated heterocycles. The monoisotopic (exact) mass is 259 g/mol. The summed E-state index contributed by atoms with van der Waals surface area (Å²) in [7, 11) is 0. The SMILES string of the molecule is Cc1cc(NC(C)CCCC(C)C)c(C#N)c(C)n1. The first-order chi connectivity index (χ1) is 8.93. The van der Waals surface area contributed by atoms with Crippen LogP contribution < -0.4 is 5.32 Å². The second-order valence-corrected chi connectivity index (χ2v) is 5.75. The molecule has 1 rings (SSSR count). The van der Waals surface area contributed by atoms with E-state index in [2.05, 4.69) is 37.1 Å². The zero-order valence-corrected chi connectivity index (χ0v) is 12.7. The number of aromatic nitrogens is 1. The molecule has 0 saturated carbocycles. The third-order valence-corrected chi connectivity index (χ3v) is 3.26. The highest BCUT2D eigenvalue weighted by molar-refractivity contribution is 5.60. The first-order valence-electron chi connectivity index (χ1n) is 7.09. The molecule has 0 aromatic carbocycles. The van der Waals surface area contributed by atoms with Crippen LogP contribution in [0.4, 0.5) is 5.69 Å². The van der Waals surface area contributed by atoms with Crippen molar-refractivity contribution in [3.8, 4) is 6.07 Å². The molecule has 0 fully saturated rings. The lowest BCUT2D eigenvalue weighted by Gasteiger charge is -2.18. The molecule has 0 aliphatic carbocycles. The molecule has 3 nitrogen and oxygen atoms in total. The minimum absolute atomic E-state index is 0.382. The average molecular weight is 259 g/mol. The summed E-state index contributed by atoms with van der Waals surface area (Å²) in [5, 5.41) is 12.7. The number of hydrogen-bond acceptors (Lipinski definition) is 3. The number of hydrogen-bond donors (Lipinski definition) is 1. The Morgan fingerprint density at radius 3 is 2.53 bits per heavy atom. The lowest BCUT2D eigenvalue weighted by molar-refractivity contribution is 0.520. The molecule has 1 aromatic heterocycles. The number of nitriles is 1. The molecule has 3 heteroatoms. The summed E-state index contributed by atoms with van der Waals surface area (Å²) in [5.41, 5.74) is 3.35. The smallest absolute Gasteiger partial charge is 0.103 e. The predicted molar refractivity (Wildman–Crippen MR) is 80.2 cm³/mol. The highest BCUT2D eigenvalue weighted by atomic mass is 14.9. The number of nitrogens with zero attached hydrogens (tertiary/aromatic N) is 2. The quantitative estimate of drug-likeness (QED) is 0.833. The van der Waals surface area contributed by atoms with E-state index in [1.165, 1.54) is 12.8 Å². The van der Waals surface area contributed by atoms with Gasteiger partial charge in [-0.15, -0.1) is 0 Å². The van der Waals surface area contributed by atoms with Gasteiger partial charge in [0.2, 0.25) is 0 Å². The number of pyridine rings is 1. The van der Waals surface area contributed by atoms with Crippen LogP contribution in [0.3, 0.4) is 0 Å². The molecule has 1 aromatic rings. The summed E-state index contributed by atoms with van der Waals surface area (Å²) in [5.74, 6) is 0.757. The van der Waals surface area contributed by atoms with E-state index < -0.39 is 0 Å². The van der Waals surface area contributed by atoms with Crippen LogP contribution >= 0.6 is 0 Å². The minimum Gasteiger partial charge on any atom is -0.381 e. The molecule has 0 amide bonds. The maximum Gasteiger partial charge on any atom is 0.103 e. The summed E-state index contributed by atoms with van der Waals surface area (Å²) in [4.78, 5) is 4.34. The van der Waals surface area contributed by atoms with E-state index in [0.717, 1.165) is 29.4 Å². The molecular formula is C16H25N3. The van der Waals surface area contributed by atoms with E-state index in [4.69, 9.17) is 0 Å². The van der Waals surface area contributed by atoms with Crippen molar-refractivity contribution in [1.29, 1.82) is 5.26 Å². The maximum atomic E-state index is 9.22. The first-order valence-corrected chi connectivity index (χ1v) is 7.09. The van der Waals surface area contributed by atoms with Crippen molar-refractivity contribution in [2.75, 3.05) is 5.32 Å². The second kappa shape index (κ2) is 7.13. The lowest BCUT2D eigenvalue weighted by atomic mass is 10.0. The third kappa shape index (κ3) is 4.90. The van der Waals surface area contributed by atoms with Crippen molar-refractivity contribution in [3.05, 3.63) is 23.0 Å². The van der Waals surface area contributed by atoms with Gasteiger partial charge in [-0.25, -0.2) is 0 Å². The van der Waals surface area contributed by atoms with Crippen molar-refractivity contribution in [3.63, 3.8) is 0 Å². The van der Waals surface area contributed by atoms with Gasteiger partial charge in [0.15, 0.2) is 0 Å². The van der Waals surface area contributed by atoms with Crippen LogP contribution in [0.2, 0.25) is 0 Å². The van der Waals surface area contributed by atoms with Crippen molar-refractivity contribution < 1.29 is 0 Å². The van der Waals surface area contributed by atoms with Gasteiger partial charge >= 0.3 is 0 Å². The first kappa shape index (κ1) is 15.5. The fourth-order valence-corrected chi connectivity index (χ4v) is 2.25. The summed E-state index contributed by atoms with van der Waals surface area (Å²) in [6.07, 6.45) is 3.60. The third-order valence-electron chi connectivity index (χ3n) is 3.26. The van der Waals surface area contributed by atoms with E-state index in [-0.39, 0.29) is 0 Å². The normalized spacial score (nSPS) is 12.3. The van der Waals surface area contributed by atoms with Gasteiger partial charge in [-0.05, 0) is 39.2 Å². The standard InChI is InChI=1S/C16H25N3/c1-11(2)7-6-8-12(3)19-16-9-13(4)18-14(5)15(16)10-17/h9,11-12H,6-8H2,1-5H3,(H,18,19). The number of anilines is 1. The van der Waals surface area contributed by atoms with Crippen LogP contribution in [0, 0.1) is 31.1 Å². The fourth-order valence-electron chi connectivity index (χ4n) is 2.25. The molecule has 104 valence electrons. The zero-order chi connectivity index (χ0) is 14.4. The average Bonchev–Trinajstić information content (AvgIpc) is 2.27. The van der Waals surface area contributed by atoms with Crippen LogP contribution in [-0.2, 0) is 0 Å². The van der Waals surface area contributed by atoms with Crippen LogP contribution in [-0.4, -0.2) is 11.0 Å². The van der Waals surface area contributed by atoms with Crippen LogP contribution in [0.5, 0.6) is 0 Å². The number of rotatable bonds is 6. The van der Waals surface area contributed by atoms with E-state index >= 15 is 0 Å². The molecule has 0 bridgehead atoms. The Hall–Kier alpha value is -1.56. The Kier molecular flexibility index (Phi) is 5.82. The minimum atomic E-state index is 0.382. The molecular weight excluding hydrogens is 234 g/mol. The van der Waals surface area contributed by atoms with Gasteiger partial charge in [-0.1, -0.05) is 26.7 Å². The number of aryl methyl sites for hydroxylation is 2. The number of nitrogens with one attached hydrogen (secondary N) is 1. The molecule has 0 spiro atoms. The summed E-state index contributed by atoms with van der Waals surface area (Å²) < 4.78 is 0. The Balaban J connectivity index is 2.69. The highest BCUT2D eigenvalue weighted by Gasteiger charge is 2.10. The van der Waals surface area contributed by atoms with E-state index in [1.807, 2.05) is 19.9 Å². The van der Waals surface area contributed by atoms with Gasteiger partial charge in [-0.3, -0.25) is 4.98 Å². The van der Waals surface area contributed by atoms with E-state index in [1.54, 1.807) is 0 Å². The Morgan fingerprint density at radius 2 is 1.95 bits per heavy atom. The summed E-state index contributed by atoms with van der Waals surface area (Å²) >= 11 is 0. The van der Waals surface area contributed by atoms with Gasteiger partial charge in [0.1, 0.15) is 6.07 Å². The van der Waals surface area contributed by atoms with Crippen molar-refractivity contribution in [1.82, 2.24) is 4.98 Å². The molecule has 1 unspecified atom stereocenters. The van der Waals surface area contributed by atoms with Crippen molar-refractivity contribution in [2.24, 2.45) is 5.92 Å². The molecule has 0 radical (unpaired) electrons. The largest absolute Gasteiger partial charge is 0.381 e. The van der Waals surface area contributed by atoms with Crippen LogP contribution in [0.15, 0.2) is 6.07 Å². The molecule has 0 aliphatic heterocycles. The van der Waals surface area contributed by atoms with Gasteiger partial charge in [0.25, 0.3) is 0 Å². The van der Waals surface area contributed by atoms with Gasteiger partial charge in [0, 0.05) is 11.7 Å². The molecule has 1 heterocycles. The molecule has 1 N–H and O–H groups in total. The van der Waals surface area contributed by atoms with Gasteiger partial charge in [0.05, 0.1) is 16.9 Å². The van der Waals surface area contributed by atoms with Crippen LogP contribution in [0.1, 0.15) is 57.0 Å². The molecule has 0 aliphatic rings. The summed E-state index contributed by atoms with van der Waals surface area (Å²) in [6, 6.07) is 4.59. The highest BCUT2D eigenvalue weighted by Crippen LogP contribution is 2.21. The van der Waals surface area contributed by atoms with Gasteiger partial charge in [-0.2, -0.15) is 5.26 Å². The van der Waals surface area contributed by atoms with E-state index in [0.29, 0.717) is 11.6 Å². The second-order valence-electron chi connectivity index (χ2n) is 5.75. The van der Waals surface area contributed by atoms with Crippen molar-refractivity contribution >= 4 is 5.69 Å². The lowest BCUT2D eigenvalue weighted by Crippen LogP contribution is -2.17. The van der Waals surface area contributed by atoms with E-state index in [9.17, 15) is 5.26 Å².